The van der Waals surface area contributed by atoms with Gasteiger partial charge in [0.1, 0.15) is 6.04 Å². The van der Waals surface area contributed by atoms with Crippen molar-refractivity contribution in [3.05, 3.63) is 35.4 Å². The van der Waals surface area contributed by atoms with E-state index in [2.05, 4.69) is 35.3 Å². The molecule has 23 heavy (non-hydrogen) atoms. The maximum absolute atomic E-state index is 11.9. The molecule has 0 saturated carbocycles. The van der Waals surface area contributed by atoms with Crippen molar-refractivity contribution in [3.63, 3.8) is 0 Å². The van der Waals surface area contributed by atoms with Crippen molar-refractivity contribution in [2.24, 2.45) is 11.7 Å². The van der Waals surface area contributed by atoms with Crippen LogP contribution in [0.3, 0.4) is 0 Å². The summed E-state index contributed by atoms with van der Waals surface area (Å²) in [5.74, 6) is 0.663. The quantitative estimate of drug-likeness (QED) is 0.799. The van der Waals surface area contributed by atoms with Crippen LogP contribution in [0.25, 0.3) is 0 Å². The summed E-state index contributed by atoms with van der Waals surface area (Å²) in [5, 5.41) is 2.91. The van der Waals surface area contributed by atoms with Crippen LogP contribution in [-0.2, 0) is 22.6 Å². The molecule has 0 spiro atoms. The summed E-state index contributed by atoms with van der Waals surface area (Å²) in [6.45, 7) is 6.32. The number of nitrogens with zero attached hydrogens (tertiary/aromatic N) is 1. The molecule has 5 heteroatoms. The van der Waals surface area contributed by atoms with Gasteiger partial charge in [0.25, 0.3) is 0 Å². The Hall–Kier alpha value is -1.43. The number of hydrogen-bond donors (Lipinski definition) is 2. The topological polar surface area (TPSA) is 67.6 Å². The average molecular weight is 319 g/mol. The van der Waals surface area contributed by atoms with Crippen molar-refractivity contribution >= 4 is 5.91 Å². The van der Waals surface area contributed by atoms with E-state index in [1.165, 1.54) is 18.4 Å². The maximum atomic E-state index is 11.9. The number of carbonyl (C=O) groups is 1. The Morgan fingerprint density at radius 1 is 1.35 bits per heavy atom. The van der Waals surface area contributed by atoms with E-state index in [0.717, 1.165) is 31.1 Å². The molecule has 1 aromatic rings. The van der Waals surface area contributed by atoms with E-state index >= 15 is 0 Å². The van der Waals surface area contributed by atoms with Gasteiger partial charge in [-0.15, -0.1) is 0 Å². The summed E-state index contributed by atoms with van der Waals surface area (Å²) < 4.78 is 4.92. The fraction of sp³-hybridized carbons (Fsp3) is 0.611. The maximum Gasteiger partial charge on any atom is 0.239 e. The van der Waals surface area contributed by atoms with E-state index < -0.39 is 6.04 Å². The van der Waals surface area contributed by atoms with E-state index in [4.69, 9.17) is 10.5 Å². The molecular weight excluding hydrogens is 290 g/mol. The first kappa shape index (κ1) is 17.9. The Morgan fingerprint density at radius 2 is 2.00 bits per heavy atom. The van der Waals surface area contributed by atoms with Gasteiger partial charge in [0.05, 0.1) is 6.61 Å². The smallest absolute Gasteiger partial charge is 0.239 e. The van der Waals surface area contributed by atoms with Crippen LogP contribution in [0.4, 0.5) is 0 Å². The highest BCUT2D eigenvalue weighted by Gasteiger charge is 2.17. The van der Waals surface area contributed by atoms with Gasteiger partial charge in [-0.3, -0.25) is 9.69 Å². The van der Waals surface area contributed by atoms with E-state index in [-0.39, 0.29) is 12.5 Å². The lowest BCUT2D eigenvalue weighted by atomic mass is 9.98. The first-order valence-electron chi connectivity index (χ1n) is 8.41. The predicted molar refractivity (Wildman–Crippen MR) is 91.8 cm³/mol. The molecule has 1 unspecified atom stereocenters. The molecule has 0 bridgehead atoms. The fourth-order valence-electron chi connectivity index (χ4n) is 2.91. The Bertz CT molecular complexity index is 499. The lowest BCUT2D eigenvalue weighted by molar-refractivity contribution is -0.123. The number of nitrogens with two attached hydrogens (primary N) is 1. The van der Waals surface area contributed by atoms with Crippen molar-refractivity contribution in [3.8, 4) is 0 Å². The Balaban J connectivity index is 1.91. The molecule has 1 aliphatic rings. The van der Waals surface area contributed by atoms with Gasteiger partial charge in [-0.2, -0.15) is 0 Å². The zero-order valence-corrected chi connectivity index (χ0v) is 14.3. The number of carbonyl (C=O) groups excluding carboxylic acids is 1. The van der Waals surface area contributed by atoms with Crippen LogP contribution in [0.5, 0.6) is 0 Å². The summed E-state index contributed by atoms with van der Waals surface area (Å²) in [6, 6.07) is 7.68. The van der Waals surface area contributed by atoms with Crippen LogP contribution >= 0.6 is 0 Å². The molecule has 2 rings (SSSR count). The van der Waals surface area contributed by atoms with Gasteiger partial charge in [-0.1, -0.05) is 31.2 Å². The molecule has 1 saturated heterocycles. The molecule has 1 heterocycles. The number of nitrogens with one attached hydrogen (secondary N) is 1. The third-order valence-corrected chi connectivity index (χ3v) is 4.52. The molecule has 3 N–H and O–H groups in total. The largest absolute Gasteiger partial charge is 0.383 e. The van der Waals surface area contributed by atoms with Gasteiger partial charge >= 0.3 is 0 Å². The number of methoxy groups -OCH3 is 1. The van der Waals surface area contributed by atoms with Crippen molar-refractivity contribution in [2.75, 3.05) is 26.8 Å². The zero-order chi connectivity index (χ0) is 16.7. The van der Waals surface area contributed by atoms with Gasteiger partial charge < -0.3 is 15.8 Å². The number of rotatable bonds is 7. The van der Waals surface area contributed by atoms with Gasteiger partial charge in [0, 0.05) is 20.2 Å². The van der Waals surface area contributed by atoms with Crippen molar-refractivity contribution in [1.82, 2.24) is 10.2 Å². The van der Waals surface area contributed by atoms with Gasteiger partial charge in [-0.05, 0) is 43.0 Å². The first-order valence-corrected chi connectivity index (χ1v) is 8.41. The minimum Gasteiger partial charge on any atom is -0.383 e. The Morgan fingerprint density at radius 3 is 2.65 bits per heavy atom. The van der Waals surface area contributed by atoms with E-state index in [9.17, 15) is 4.79 Å². The second-order valence-electron chi connectivity index (χ2n) is 6.51. The summed E-state index contributed by atoms with van der Waals surface area (Å²) in [5.41, 5.74) is 8.18. The van der Waals surface area contributed by atoms with Crippen molar-refractivity contribution in [1.29, 1.82) is 0 Å². The van der Waals surface area contributed by atoms with E-state index in [1.807, 2.05) is 6.07 Å². The highest BCUT2D eigenvalue weighted by molar-refractivity contribution is 5.81. The third kappa shape index (κ3) is 5.61. The molecule has 0 radical (unpaired) electrons. The number of benzene rings is 1. The lowest BCUT2D eigenvalue weighted by Gasteiger charge is -2.30. The van der Waals surface area contributed by atoms with Crippen molar-refractivity contribution < 1.29 is 9.53 Å². The molecule has 1 atom stereocenters. The standard InChI is InChI=1S/C18H29N3O2/c1-14-7-9-21(10-8-14)12-16-6-4-3-5-15(16)11-20-18(22)17(19)13-23-2/h3-6,14,17H,7-13,19H2,1-2H3,(H,20,22). The molecule has 1 fully saturated rings. The summed E-state index contributed by atoms with van der Waals surface area (Å²) >= 11 is 0. The highest BCUT2D eigenvalue weighted by Crippen LogP contribution is 2.19. The van der Waals surface area contributed by atoms with Crippen molar-refractivity contribution in [2.45, 2.75) is 38.9 Å². The van der Waals surface area contributed by atoms with E-state index in [0.29, 0.717) is 6.54 Å². The monoisotopic (exact) mass is 319 g/mol. The van der Waals surface area contributed by atoms with Gasteiger partial charge in [-0.25, -0.2) is 0 Å². The van der Waals surface area contributed by atoms with E-state index in [1.54, 1.807) is 7.11 Å². The van der Waals surface area contributed by atoms with Crippen LogP contribution < -0.4 is 11.1 Å². The van der Waals surface area contributed by atoms with Crippen LogP contribution in [0.2, 0.25) is 0 Å². The Labute approximate surface area is 139 Å². The third-order valence-electron chi connectivity index (χ3n) is 4.52. The van der Waals surface area contributed by atoms with Crippen LogP contribution in [0.15, 0.2) is 24.3 Å². The lowest BCUT2D eigenvalue weighted by Crippen LogP contribution is -2.43. The molecule has 0 aromatic heterocycles. The molecule has 5 nitrogen and oxygen atoms in total. The first-order chi connectivity index (χ1) is 11.1. The average Bonchev–Trinajstić information content (AvgIpc) is 2.56. The Kier molecular flexibility index (Phi) is 7.02. The highest BCUT2D eigenvalue weighted by atomic mass is 16.5. The number of piperidine rings is 1. The minimum atomic E-state index is -0.615. The van der Waals surface area contributed by atoms with Crippen LogP contribution in [0.1, 0.15) is 30.9 Å². The van der Waals surface area contributed by atoms with Gasteiger partial charge in [0.15, 0.2) is 0 Å². The van der Waals surface area contributed by atoms with Crippen LogP contribution in [-0.4, -0.2) is 43.7 Å². The second kappa shape index (κ2) is 9.01. The van der Waals surface area contributed by atoms with Crippen LogP contribution in [0, 0.1) is 5.92 Å². The SMILES string of the molecule is COCC(N)C(=O)NCc1ccccc1CN1CCC(C)CC1. The zero-order valence-electron chi connectivity index (χ0n) is 14.3. The second-order valence-corrected chi connectivity index (χ2v) is 6.51. The molecule has 128 valence electrons. The molecule has 1 amide bonds. The molecule has 1 aliphatic heterocycles. The number of amides is 1. The fourth-order valence-corrected chi connectivity index (χ4v) is 2.91. The summed E-state index contributed by atoms with van der Waals surface area (Å²) in [7, 11) is 1.54. The molecular formula is C18H29N3O2. The van der Waals surface area contributed by atoms with Gasteiger partial charge in [0.2, 0.25) is 5.91 Å². The normalized spacial score (nSPS) is 17.9. The summed E-state index contributed by atoms with van der Waals surface area (Å²) in [6.07, 6.45) is 2.54. The number of likely N-dealkylation sites (tertiary alicyclic amines) is 1. The molecule has 0 aliphatic carbocycles. The summed E-state index contributed by atoms with van der Waals surface area (Å²) in [4.78, 5) is 14.4. The minimum absolute atomic E-state index is 0.173. The predicted octanol–water partition coefficient (Wildman–Crippen LogP) is 1.51. The number of hydrogen-bond acceptors (Lipinski definition) is 4. The molecule has 1 aromatic carbocycles. The number of ether oxygens (including phenoxy) is 1.